The maximum atomic E-state index is 6.27. The van der Waals surface area contributed by atoms with Gasteiger partial charge in [0.05, 0.1) is 0 Å². The third-order valence-electron chi connectivity index (χ3n) is 2.82. The molecule has 2 unspecified atom stereocenters. The molecule has 1 nitrogen and oxygen atoms in total. The Hall–Kier alpha value is 0.460. The van der Waals surface area contributed by atoms with Gasteiger partial charge in [-0.1, -0.05) is 23.2 Å². The van der Waals surface area contributed by atoms with Crippen LogP contribution in [0, 0.1) is 0 Å². The van der Waals surface area contributed by atoms with Crippen LogP contribution in [0.3, 0.4) is 0 Å². The number of hydrogen-bond acceptors (Lipinski definition) is 3. The summed E-state index contributed by atoms with van der Waals surface area (Å²) in [5.41, 5.74) is 1.11. The summed E-state index contributed by atoms with van der Waals surface area (Å²) in [5.74, 6) is 3.63. The first kappa shape index (κ1) is 13.9. The second kappa shape index (κ2) is 6.58. The highest BCUT2D eigenvalue weighted by Crippen LogP contribution is 2.36. The molecule has 2 rings (SSSR count). The van der Waals surface area contributed by atoms with E-state index >= 15 is 0 Å². The van der Waals surface area contributed by atoms with Crippen LogP contribution >= 0.6 is 46.7 Å². The van der Waals surface area contributed by atoms with Gasteiger partial charge in [0, 0.05) is 38.6 Å². The summed E-state index contributed by atoms with van der Waals surface area (Å²) in [6.45, 7) is 0. The van der Waals surface area contributed by atoms with Crippen LogP contribution < -0.4 is 5.32 Å². The lowest BCUT2D eigenvalue weighted by Gasteiger charge is -2.30. The maximum absolute atomic E-state index is 6.27. The molecule has 0 saturated carbocycles. The Morgan fingerprint density at radius 2 is 2.18 bits per heavy atom. The Labute approximate surface area is 121 Å². The van der Waals surface area contributed by atoms with Crippen molar-refractivity contribution in [1.29, 1.82) is 0 Å². The Kier molecular flexibility index (Phi) is 5.37. The van der Waals surface area contributed by atoms with Crippen molar-refractivity contribution in [3.63, 3.8) is 0 Å². The number of benzene rings is 1. The highest BCUT2D eigenvalue weighted by molar-refractivity contribution is 8.06. The molecule has 1 fully saturated rings. The fourth-order valence-electron chi connectivity index (χ4n) is 1.99. The van der Waals surface area contributed by atoms with Crippen molar-refractivity contribution < 1.29 is 0 Å². The minimum Gasteiger partial charge on any atom is -0.312 e. The largest absolute Gasteiger partial charge is 0.312 e. The Morgan fingerprint density at radius 1 is 1.35 bits per heavy atom. The molecular formula is C12H15Cl2NS2. The van der Waals surface area contributed by atoms with Crippen LogP contribution in [0.2, 0.25) is 10.0 Å². The number of nitrogens with one attached hydrogen (secondary N) is 1. The zero-order valence-electron chi connectivity index (χ0n) is 9.58. The lowest BCUT2D eigenvalue weighted by atomic mass is 10.0. The number of thioether (sulfide) groups is 2. The maximum Gasteiger partial charge on any atom is 0.0461 e. The van der Waals surface area contributed by atoms with Gasteiger partial charge in [0.25, 0.3) is 0 Å². The molecule has 2 atom stereocenters. The highest BCUT2D eigenvalue weighted by atomic mass is 35.5. The molecule has 0 spiro atoms. The fraction of sp³-hybridized carbons (Fsp3) is 0.500. The zero-order valence-corrected chi connectivity index (χ0v) is 12.7. The highest BCUT2D eigenvalue weighted by Gasteiger charge is 2.26. The van der Waals surface area contributed by atoms with E-state index in [9.17, 15) is 0 Å². The van der Waals surface area contributed by atoms with Gasteiger partial charge in [0.2, 0.25) is 0 Å². The van der Waals surface area contributed by atoms with Crippen LogP contribution in [0.4, 0.5) is 0 Å². The summed E-state index contributed by atoms with van der Waals surface area (Å²) in [6, 6.07) is 5.97. The van der Waals surface area contributed by atoms with Crippen LogP contribution in [0.15, 0.2) is 18.2 Å². The van der Waals surface area contributed by atoms with Crippen molar-refractivity contribution in [2.75, 3.05) is 24.3 Å². The topological polar surface area (TPSA) is 12.0 Å². The summed E-state index contributed by atoms with van der Waals surface area (Å²) in [6.07, 6.45) is 0. The van der Waals surface area contributed by atoms with Gasteiger partial charge >= 0.3 is 0 Å². The monoisotopic (exact) mass is 307 g/mol. The van der Waals surface area contributed by atoms with E-state index in [2.05, 4.69) is 5.32 Å². The van der Waals surface area contributed by atoms with E-state index < -0.39 is 0 Å². The normalized spacial score (nSPS) is 22.4. The standard InChI is InChI=1S/C12H15Cl2NS2/c1-15-12(11-7-16-4-5-17-11)9-6-8(13)2-3-10(9)14/h2-3,6,11-12,15H,4-5,7H2,1H3. The quantitative estimate of drug-likeness (QED) is 0.903. The van der Waals surface area contributed by atoms with Gasteiger partial charge in [-0.15, -0.1) is 0 Å². The smallest absolute Gasteiger partial charge is 0.0461 e. The van der Waals surface area contributed by atoms with E-state index in [1.165, 1.54) is 17.3 Å². The summed E-state index contributed by atoms with van der Waals surface area (Å²) in [4.78, 5) is 0. The van der Waals surface area contributed by atoms with Crippen LogP contribution in [0.5, 0.6) is 0 Å². The van der Waals surface area contributed by atoms with Gasteiger partial charge in [-0.05, 0) is 30.8 Å². The lowest BCUT2D eigenvalue weighted by Crippen LogP contribution is -2.31. The Bertz CT molecular complexity index is 381. The average molecular weight is 308 g/mol. The van der Waals surface area contributed by atoms with Crippen molar-refractivity contribution in [1.82, 2.24) is 5.32 Å². The minimum absolute atomic E-state index is 0.277. The lowest BCUT2D eigenvalue weighted by molar-refractivity contribution is 0.592. The van der Waals surface area contributed by atoms with Crippen LogP contribution in [-0.4, -0.2) is 29.6 Å². The van der Waals surface area contributed by atoms with E-state index in [0.717, 1.165) is 15.6 Å². The van der Waals surface area contributed by atoms with E-state index in [4.69, 9.17) is 23.2 Å². The molecular weight excluding hydrogens is 293 g/mol. The predicted molar refractivity (Wildman–Crippen MR) is 81.8 cm³/mol. The van der Waals surface area contributed by atoms with Crippen molar-refractivity contribution >= 4 is 46.7 Å². The summed E-state index contributed by atoms with van der Waals surface area (Å²) in [7, 11) is 1.99. The minimum atomic E-state index is 0.277. The molecule has 5 heteroatoms. The Balaban J connectivity index is 2.24. The van der Waals surface area contributed by atoms with Crippen LogP contribution in [0.25, 0.3) is 0 Å². The summed E-state index contributed by atoms with van der Waals surface area (Å²) in [5, 5.41) is 5.49. The number of rotatable bonds is 3. The molecule has 1 aliphatic heterocycles. The molecule has 94 valence electrons. The zero-order chi connectivity index (χ0) is 12.3. The van der Waals surface area contributed by atoms with Crippen LogP contribution in [0.1, 0.15) is 11.6 Å². The molecule has 0 aliphatic carbocycles. The molecule has 0 radical (unpaired) electrons. The summed E-state index contributed by atoms with van der Waals surface area (Å²) < 4.78 is 0. The summed E-state index contributed by atoms with van der Waals surface area (Å²) >= 11 is 16.4. The molecule has 0 aromatic heterocycles. The molecule has 0 amide bonds. The van der Waals surface area contributed by atoms with Gasteiger partial charge < -0.3 is 5.32 Å². The molecule has 1 N–H and O–H groups in total. The van der Waals surface area contributed by atoms with Gasteiger partial charge in [-0.3, -0.25) is 0 Å². The van der Waals surface area contributed by atoms with Gasteiger partial charge in [0.15, 0.2) is 0 Å². The van der Waals surface area contributed by atoms with E-state index in [-0.39, 0.29) is 6.04 Å². The van der Waals surface area contributed by atoms with Crippen molar-refractivity contribution in [3.8, 4) is 0 Å². The van der Waals surface area contributed by atoms with E-state index in [0.29, 0.717) is 5.25 Å². The Morgan fingerprint density at radius 3 is 2.82 bits per heavy atom. The third kappa shape index (κ3) is 3.48. The molecule has 0 bridgehead atoms. The van der Waals surface area contributed by atoms with E-state index in [1.807, 2.05) is 48.8 Å². The molecule has 1 heterocycles. The van der Waals surface area contributed by atoms with E-state index in [1.54, 1.807) is 0 Å². The van der Waals surface area contributed by atoms with Crippen molar-refractivity contribution in [2.45, 2.75) is 11.3 Å². The number of hydrogen-bond donors (Lipinski definition) is 1. The first-order valence-corrected chi connectivity index (χ1v) is 8.50. The molecule has 1 aromatic carbocycles. The fourth-order valence-corrected chi connectivity index (χ4v) is 5.31. The number of halogens is 2. The van der Waals surface area contributed by atoms with Gasteiger partial charge in [0.1, 0.15) is 0 Å². The predicted octanol–water partition coefficient (Wildman–Crippen LogP) is 4.10. The van der Waals surface area contributed by atoms with Gasteiger partial charge in [-0.25, -0.2) is 0 Å². The molecule has 1 saturated heterocycles. The molecule has 1 aliphatic rings. The van der Waals surface area contributed by atoms with Crippen LogP contribution in [-0.2, 0) is 0 Å². The third-order valence-corrected chi connectivity index (χ3v) is 6.26. The SMILES string of the molecule is CNC(c1cc(Cl)ccc1Cl)C1CSCCS1. The first-order chi connectivity index (χ1) is 8.22. The molecule has 17 heavy (non-hydrogen) atoms. The molecule has 1 aromatic rings. The first-order valence-electron chi connectivity index (χ1n) is 5.54. The second-order valence-electron chi connectivity index (χ2n) is 3.92. The second-order valence-corrected chi connectivity index (χ2v) is 7.26. The van der Waals surface area contributed by atoms with Gasteiger partial charge in [-0.2, -0.15) is 23.5 Å². The van der Waals surface area contributed by atoms with Crippen molar-refractivity contribution in [3.05, 3.63) is 33.8 Å². The average Bonchev–Trinajstić information content (AvgIpc) is 2.36. The van der Waals surface area contributed by atoms with Crippen molar-refractivity contribution in [2.24, 2.45) is 0 Å².